The molecule has 0 bridgehead atoms. The van der Waals surface area contributed by atoms with Gasteiger partial charge >= 0.3 is 12.4 Å². The third kappa shape index (κ3) is 5.36. The van der Waals surface area contributed by atoms with Crippen LogP contribution in [-0.2, 0) is 18.9 Å². The van der Waals surface area contributed by atoms with Gasteiger partial charge in [-0.05, 0) is 48.7 Å². The second kappa shape index (κ2) is 8.24. The van der Waals surface area contributed by atoms with Crippen molar-refractivity contribution >= 4 is 11.8 Å². The van der Waals surface area contributed by atoms with E-state index in [2.05, 4.69) is 5.32 Å². The zero-order valence-electron chi connectivity index (χ0n) is 16.3. The smallest absolute Gasteiger partial charge is 0.355 e. The van der Waals surface area contributed by atoms with Gasteiger partial charge in [0.2, 0.25) is 0 Å². The molecule has 2 aromatic rings. The molecule has 1 N–H and O–H groups in total. The van der Waals surface area contributed by atoms with E-state index in [1.807, 2.05) is 0 Å². The van der Waals surface area contributed by atoms with Crippen LogP contribution in [0.15, 0.2) is 42.5 Å². The molecule has 0 atom stereocenters. The molecule has 2 amide bonds. The minimum absolute atomic E-state index is 0.00422. The summed E-state index contributed by atoms with van der Waals surface area (Å²) in [5, 5.41) is 2.46. The van der Waals surface area contributed by atoms with Crippen LogP contribution in [0.5, 0.6) is 0 Å². The van der Waals surface area contributed by atoms with Gasteiger partial charge in [-0.1, -0.05) is 12.1 Å². The van der Waals surface area contributed by atoms with Gasteiger partial charge in [-0.15, -0.1) is 0 Å². The maximum absolute atomic E-state index is 13.1. The van der Waals surface area contributed by atoms with Crippen molar-refractivity contribution in [2.45, 2.75) is 37.8 Å². The van der Waals surface area contributed by atoms with Crippen LogP contribution >= 0.6 is 0 Å². The van der Waals surface area contributed by atoms with E-state index in [0.717, 1.165) is 0 Å². The molecule has 2 aromatic carbocycles. The molecule has 3 rings (SSSR count). The molecular formula is C21H18F6N2O2. The van der Waals surface area contributed by atoms with Crippen LogP contribution in [-0.4, -0.2) is 29.8 Å². The summed E-state index contributed by atoms with van der Waals surface area (Å²) >= 11 is 0. The first-order valence-electron chi connectivity index (χ1n) is 9.31. The van der Waals surface area contributed by atoms with Gasteiger partial charge < -0.3 is 10.2 Å². The van der Waals surface area contributed by atoms with E-state index in [1.165, 1.54) is 24.1 Å². The van der Waals surface area contributed by atoms with E-state index in [4.69, 9.17) is 0 Å². The Morgan fingerprint density at radius 2 is 1.42 bits per heavy atom. The number of carbonyl (C=O) groups excluding carboxylic acids is 2. The highest BCUT2D eigenvalue weighted by Crippen LogP contribution is 2.37. The average molecular weight is 444 g/mol. The Balaban J connectivity index is 1.92. The van der Waals surface area contributed by atoms with Crippen LogP contribution in [0.3, 0.4) is 0 Å². The monoisotopic (exact) mass is 444 g/mol. The SMILES string of the molecule is CNC(=O)c1ccc(CN(C(=O)c2cc(C(F)(F)F)cc(C(F)(F)F)c2)C2CC2)cc1. The van der Waals surface area contributed by atoms with E-state index in [9.17, 15) is 35.9 Å². The van der Waals surface area contributed by atoms with Gasteiger partial charge in [0.15, 0.2) is 0 Å². The minimum Gasteiger partial charge on any atom is -0.355 e. The van der Waals surface area contributed by atoms with Crippen molar-refractivity contribution in [2.75, 3.05) is 7.05 Å². The summed E-state index contributed by atoms with van der Waals surface area (Å²) in [5.41, 5.74) is -2.76. The standard InChI is InChI=1S/C21H18F6N2O2/c1-28-18(30)13-4-2-12(3-5-13)11-29(17-6-7-17)19(31)14-8-15(20(22,23)24)10-16(9-14)21(25,26)27/h2-5,8-10,17H,6-7,11H2,1H3,(H,28,30). The predicted octanol–water partition coefficient (Wildman–Crippen LogP) is 4.89. The lowest BCUT2D eigenvalue weighted by Gasteiger charge is -2.24. The highest BCUT2D eigenvalue weighted by atomic mass is 19.4. The molecule has 0 spiro atoms. The summed E-state index contributed by atoms with van der Waals surface area (Å²) in [4.78, 5) is 25.8. The molecule has 0 aliphatic heterocycles. The van der Waals surface area contributed by atoms with E-state index in [1.54, 1.807) is 12.1 Å². The summed E-state index contributed by atoms with van der Waals surface area (Å²) in [6, 6.07) is 6.83. The van der Waals surface area contributed by atoms with Gasteiger partial charge in [0.1, 0.15) is 0 Å². The number of hydrogen-bond acceptors (Lipinski definition) is 2. The third-order valence-corrected chi connectivity index (χ3v) is 4.88. The molecule has 1 fully saturated rings. The Bertz CT molecular complexity index is 947. The largest absolute Gasteiger partial charge is 0.416 e. The molecule has 1 aliphatic carbocycles. The molecule has 0 heterocycles. The lowest BCUT2D eigenvalue weighted by atomic mass is 10.0. The number of hydrogen-bond donors (Lipinski definition) is 1. The van der Waals surface area contributed by atoms with Crippen molar-refractivity contribution in [3.63, 3.8) is 0 Å². The van der Waals surface area contributed by atoms with E-state index in [0.29, 0.717) is 36.1 Å². The van der Waals surface area contributed by atoms with Gasteiger partial charge in [-0.25, -0.2) is 0 Å². The average Bonchev–Trinajstić information content (AvgIpc) is 3.55. The Labute approximate surface area is 173 Å². The minimum atomic E-state index is -5.03. The number of benzene rings is 2. The van der Waals surface area contributed by atoms with Crippen LogP contribution in [0, 0.1) is 0 Å². The molecule has 31 heavy (non-hydrogen) atoms. The molecule has 10 heteroatoms. The summed E-state index contributed by atoms with van der Waals surface area (Å²) < 4.78 is 78.8. The molecule has 4 nitrogen and oxygen atoms in total. The molecular weight excluding hydrogens is 426 g/mol. The second-order valence-corrected chi connectivity index (χ2v) is 7.23. The number of carbonyl (C=O) groups is 2. The number of amides is 2. The first-order chi connectivity index (χ1) is 14.4. The fraction of sp³-hybridized carbons (Fsp3) is 0.333. The quantitative estimate of drug-likeness (QED) is 0.668. The van der Waals surface area contributed by atoms with Crippen molar-refractivity contribution < 1.29 is 35.9 Å². The van der Waals surface area contributed by atoms with Crippen molar-refractivity contribution in [1.82, 2.24) is 10.2 Å². The van der Waals surface area contributed by atoms with Crippen molar-refractivity contribution in [3.8, 4) is 0 Å². The lowest BCUT2D eigenvalue weighted by Crippen LogP contribution is -2.33. The second-order valence-electron chi connectivity index (χ2n) is 7.23. The maximum atomic E-state index is 13.1. The number of halogens is 6. The zero-order chi connectivity index (χ0) is 23.0. The van der Waals surface area contributed by atoms with E-state index >= 15 is 0 Å². The Morgan fingerprint density at radius 3 is 1.84 bits per heavy atom. The Kier molecular flexibility index (Phi) is 6.02. The van der Waals surface area contributed by atoms with E-state index in [-0.39, 0.29) is 24.6 Å². The fourth-order valence-corrected chi connectivity index (χ4v) is 3.10. The molecule has 0 unspecified atom stereocenters. The number of alkyl halides is 6. The molecule has 0 aromatic heterocycles. The molecule has 0 saturated heterocycles. The number of rotatable bonds is 5. The van der Waals surface area contributed by atoms with Crippen molar-refractivity contribution in [1.29, 1.82) is 0 Å². The van der Waals surface area contributed by atoms with Crippen LogP contribution in [0.1, 0.15) is 50.2 Å². The third-order valence-electron chi connectivity index (χ3n) is 4.88. The Morgan fingerprint density at radius 1 is 0.903 bits per heavy atom. The van der Waals surface area contributed by atoms with Crippen molar-refractivity contribution in [3.05, 3.63) is 70.3 Å². The van der Waals surface area contributed by atoms with Crippen LogP contribution in [0.25, 0.3) is 0 Å². The van der Waals surface area contributed by atoms with Crippen LogP contribution in [0.4, 0.5) is 26.3 Å². The summed E-state index contributed by atoms with van der Waals surface area (Å²) in [6.07, 6.45) is -8.85. The summed E-state index contributed by atoms with van der Waals surface area (Å²) in [5.74, 6) is -1.22. The van der Waals surface area contributed by atoms with Gasteiger partial charge in [0.25, 0.3) is 11.8 Å². The topological polar surface area (TPSA) is 49.4 Å². The van der Waals surface area contributed by atoms with Gasteiger partial charge in [0, 0.05) is 30.8 Å². The maximum Gasteiger partial charge on any atom is 0.416 e. The van der Waals surface area contributed by atoms with Gasteiger partial charge in [0.05, 0.1) is 11.1 Å². The first kappa shape index (κ1) is 22.6. The summed E-state index contributed by atoms with van der Waals surface area (Å²) in [6.45, 7) is -0.00484. The number of nitrogens with zero attached hydrogens (tertiary/aromatic N) is 1. The lowest BCUT2D eigenvalue weighted by molar-refractivity contribution is -0.143. The van der Waals surface area contributed by atoms with Crippen molar-refractivity contribution in [2.24, 2.45) is 0 Å². The fourth-order valence-electron chi connectivity index (χ4n) is 3.10. The normalized spacial score (nSPS) is 14.3. The highest BCUT2D eigenvalue weighted by Gasteiger charge is 2.39. The van der Waals surface area contributed by atoms with Gasteiger partial charge in [-0.3, -0.25) is 9.59 Å². The molecule has 1 aliphatic rings. The first-order valence-corrected chi connectivity index (χ1v) is 9.31. The zero-order valence-corrected chi connectivity index (χ0v) is 16.3. The van der Waals surface area contributed by atoms with Crippen LogP contribution < -0.4 is 5.32 Å². The summed E-state index contributed by atoms with van der Waals surface area (Å²) in [7, 11) is 1.47. The molecule has 0 radical (unpaired) electrons. The number of nitrogens with one attached hydrogen (secondary N) is 1. The predicted molar refractivity (Wildman–Crippen MR) is 99.2 cm³/mol. The van der Waals surface area contributed by atoms with Gasteiger partial charge in [-0.2, -0.15) is 26.3 Å². The highest BCUT2D eigenvalue weighted by molar-refractivity contribution is 5.95. The van der Waals surface area contributed by atoms with E-state index < -0.39 is 35.0 Å². The van der Waals surface area contributed by atoms with Crippen LogP contribution in [0.2, 0.25) is 0 Å². The molecule has 166 valence electrons. The Hall–Kier alpha value is -3.04. The molecule has 1 saturated carbocycles.